The van der Waals surface area contributed by atoms with Crippen LogP contribution in [0.4, 0.5) is 13.2 Å². The summed E-state index contributed by atoms with van der Waals surface area (Å²) in [6.07, 6.45) is 0.365. The van der Waals surface area contributed by atoms with E-state index >= 15 is 0 Å². The molecule has 112 valence electrons. The number of amides is 1. The molecule has 2 aromatic rings. The summed E-state index contributed by atoms with van der Waals surface area (Å²) >= 11 is 0. The lowest BCUT2D eigenvalue weighted by atomic mass is 10.2. The fraction of sp³-hybridized carbons (Fsp3) is 0.286. The highest BCUT2D eigenvalue weighted by atomic mass is 19.2. The molecule has 0 saturated carbocycles. The first-order chi connectivity index (χ1) is 9.90. The van der Waals surface area contributed by atoms with Crippen LogP contribution in [0.25, 0.3) is 0 Å². The molecule has 0 spiro atoms. The Morgan fingerprint density at radius 1 is 1.24 bits per heavy atom. The number of carbonyl (C=O) groups excluding carboxylic acids is 1. The Bertz CT molecular complexity index is 683. The molecule has 0 unspecified atom stereocenters. The monoisotopic (exact) mass is 298 g/mol. The standard InChI is InChI=1S/C14H13F3N2O2/c1-7-11(21-8(2)19-7)5-6-18-14(20)9-3-4-10(15)13(17)12(9)16/h3-4H,5-6H2,1-2H3,(H,18,20). The van der Waals surface area contributed by atoms with E-state index in [2.05, 4.69) is 10.3 Å². The molecule has 0 fully saturated rings. The number of benzene rings is 1. The number of rotatable bonds is 4. The van der Waals surface area contributed by atoms with Crippen LogP contribution in [0.15, 0.2) is 16.5 Å². The van der Waals surface area contributed by atoms with Crippen LogP contribution in [0.2, 0.25) is 0 Å². The van der Waals surface area contributed by atoms with E-state index in [0.29, 0.717) is 29.8 Å². The molecule has 1 aromatic heterocycles. The molecule has 0 saturated heterocycles. The summed E-state index contributed by atoms with van der Waals surface area (Å²) in [5, 5.41) is 2.42. The maximum Gasteiger partial charge on any atom is 0.254 e. The van der Waals surface area contributed by atoms with E-state index in [9.17, 15) is 18.0 Å². The van der Waals surface area contributed by atoms with Crippen molar-refractivity contribution in [2.24, 2.45) is 0 Å². The van der Waals surface area contributed by atoms with Crippen LogP contribution in [-0.2, 0) is 6.42 Å². The largest absolute Gasteiger partial charge is 0.446 e. The maximum atomic E-state index is 13.4. The number of carbonyl (C=O) groups is 1. The van der Waals surface area contributed by atoms with E-state index in [1.165, 1.54) is 0 Å². The first kappa shape index (κ1) is 15.1. The van der Waals surface area contributed by atoms with Gasteiger partial charge in [-0.3, -0.25) is 4.79 Å². The van der Waals surface area contributed by atoms with Gasteiger partial charge in [-0.15, -0.1) is 0 Å². The van der Waals surface area contributed by atoms with E-state index in [4.69, 9.17) is 4.42 Å². The highest BCUT2D eigenvalue weighted by Gasteiger charge is 2.18. The molecule has 0 atom stereocenters. The van der Waals surface area contributed by atoms with Gasteiger partial charge in [0, 0.05) is 19.9 Å². The number of hydrogen-bond acceptors (Lipinski definition) is 3. The summed E-state index contributed by atoms with van der Waals surface area (Å²) < 4.78 is 44.6. The normalized spacial score (nSPS) is 10.7. The number of nitrogens with one attached hydrogen (secondary N) is 1. The molecule has 21 heavy (non-hydrogen) atoms. The van der Waals surface area contributed by atoms with Gasteiger partial charge in [0.15, 0.2) is 23.3 Å². The fourth-order valence-electron chi connectivity index (χ4n) is 1.89. The number of nitrogens with zero attached hydrogens (tertiary/aromatic N) is 1. The van der Waals surface area contributed by atoms with E-state index in [1.54, 1.807) is 13.8 Å². The number of aromatic nitrogens is 1. The van der Waals surface area contributed by atoms with Crippen LogP contribution >= 0.6 is 0 Å². The zero-order valence-electron chi connectivity index (χ0n) is 11.5. The zero-order valence-corrected chi connectivity index (χ0v) is 11.5. The Kier molecular flexibility index (Phi) is 4.30. The van der Waals surface area contributed by atoms with Crippen molar-refractivity contribution >= 4 is 5.91 Å². The van der Waals surface area contributed by atoms with Gasteiger partial charge in [0.05, 0.1) is 11.3 Å². The third-order valence-electron chi connectivity index (χ3n) is 2.92. The van der Waals surface area contributed by atoms with Gasteiger partial charge < -0.3 is 9.73 Å². The maximum absolute atomic E-state index is 13.4. The van der Waals surface area contributed by atoms with Crippen LogP contribution in [0.1, 0.15) is 27.7 Å². The van der Waals surface area contributed by atoms with Crippen molar-refractivity contribution in [2.75, 3.05) is 6.54 Å². The Hall–Kier alpha value is -2.31. The molecule has 4 nitrogen and oxygen atoms in total. The molecular weight excluding hydrogens is 285 g/mol. The predicted octanol–water partition coefficient (Wildman–Crippen LogP) is 2.68. The lowest BCUT2D eigenvalue weighted by molar-refractivity contribution is 0.0948. The Labute approximate surface area is 119 Å². The Morgan fingerprint density at radius 3 is 2.57 bits per heavy atom. The second-order valence-electron chi connectivity index (χ2n) is 4.47. The topological polar surface area (TPSA) is 55.1 Å². The zero-order chi connectivity index (χ0) is 15.6. The summed E-state index contributed by atoms with van der Waals surface area (Å²) in [4.78, 5) is 15.8. The van der Waals surface area contributed by atoms with Crippen LogP contribution in [0.3, 0.4) is 0 Å². The predicted molar refractivity (Wildman–Crippen MR) is 68.3 cm³/mol. The molecular formula is C14H13F3N2O2. The third kappa shape index (κ3) is 3.24. The van der Waals surface area contributed by atoms with Gasteiger partial charge in [-0.05, 0) is 19.1 Å². The second-order valence-corrected chi connectivity index (χ2v) is 4.47. The molecule has 1 N–H and O–H groups in total. The van der Waals surface area contributed by atoms with Gasteiger partial charge in [-0.1, -0.05) is 0 Å². The van der Waals surface area contributed by atoms with Crippen LogP contribution in [0, 0.1) is 31.3 Å². The highest BCUT2D eigenvalue weighted by Crippen LogP contribution is 2.15. The summed E-state index contributed by atoms with van der Waals surface area (Å²) in [5.74, 6) is -4.19. The highest BCUT2D eigenvalue weighted by molar-refractivity contribution is 5.94. The summed E-state index contributed by atoms with van der Waals surface area (Å²) in [7, 11) is 0. The van der Waals surface area contributed by atoms with Crippen molar-refractivity contribution in [3.05, 3.63) is 52.5 Å². The minimum Gasteiger partial charge on any atom is -0.446 e. The summed E-state index contributed by atoms with van der Waals surface area (Å²) in [5.41, 5.74) is 0.167. The van der Waals surface area contributed by atoms with E-state index < -0.39 is 28.9 Å². The van der Waals surface area contributed by atoms with Gasteiger partial charge in [-0.25, -0.2) is 18.2 Å². The summed E-state index contributed by atoms with van der Waals surface area (Å²) in [6.45, 7) is 3.63. The van der Waals surface area contributed by atoms with Crippen LogP contribution in [-0.4, -0.2) is 17.4 Å². The third-order valence-corrected chi connectivity index (χ3v) is 2.92. The minimum atomic E-state index is -1.66. The Morgan fingerprint density at radius 2 is 1.95 bits per heavy atom. The number of hydrogen-bond donors (Lipinski definition) is 1. The van der Waals surface area contributed by atoms with Crippen molar-refractivity contribution in [2.45, 2.75) is 20.3 Å². The molecule has 0 aliphatic rings. The van der Waals surface area contributed by atoms with Crippen LogP contribution < -0.4 is 5.32 Å². The SMILES string of the molecule is Cc1nc(C)c(CCNC(=O)c2ccc(F)c(F)c2F)o1. The molecule has 0 radical (unpaired) electrons. The van der Waals surface area contributed by atoms with Crippen molar-refractivity contribution in [3.8, 4) is 0 Å². The molecule has 0 bridgehead atoms. The quantitative estimate of drug-likeness (QED) is 0.883. The molecule has 1 amide bonds. The molecule has 0 aliphatic carbocycles. The van der Waals surface area contributed by atoms with E-state index in [1.807, 2.05) is 0 Å². The second kappa shape index (κ2) is 5.99. The number of oxazole rings is 1. The lowest BCUT2D eigenvalue weighted by Crippen LogP contribution is -2.27. The molecule has 0 aliphatic heterocycles. The summed E-state index contributed by atoms with van der Waals surface area (Å²) in [6, 6.07) is 1.60. The minimum absolute atomic E-state index is 0.159. The van der Waals surface area contributed by atoms with E-state index in [0.717, 1.165) is 6.07 Å². The fourth-order valence-corrected chi connectivity index (χ4v) is 1.89. The first-order valence-electron chi connectivity index (χ1n) is 6.24. The van der Waals surface area contributed by atoms with Gasteiger partial charge in [0.1, 0.15) is 5.76 Å². The smallest absolute Gasteiger partial charge is 0.254 e. The van der Waals surface area contributed by atoms with E-state index in [-0.39, 0.29) is 6.54 Å². The molecule has 7 heteroatoms. The molecule has 2 rings (SSSR count). The molecule has 1 aromatic carbocycles. The Balaban J connectivity index is 1.99. The van der Waals surface area contributed by atoms with Crippen molar-refractivity contribution in [3.63, 3.8) is 0 Å². The first-order valence-corrected chi connectivity index (χ1v) is 6.24. The number of aryl methyl sites for hydroxylation is 2. The van der Waals surface area contributed by atoms with Gasteiger partial charge in [0.25, 0.3) is 5.91 Å². The van der Waals surface area contributed by atoms with Gasteiger partial charge >= 0.3 is 0 Å². The lowest BCUT2D eigenvalue weighted by Gasteiger charge is -2.06. The van der Waals surface area contributed by atoms with Crippen LogP contribution in [0.5, 0.6) is 0 Å². The van der Waals surface area contributed by atoms with Gasteiger partial charge in [0.2, 0.25) is 0 Å². The van der Waals surface area contributed by atoms with Crippen molar-refractivity contribution < 1.29 is 22.4 Å². The van der Waals surface area contributed by atoms with Crippen molar-refractivity contribution in [1.82, 2.24) is 10.3 Å². The average molecular weight is 298 g/mol. The molecule has 1 heterocycles. The number of halogens is 3. The van der Waals surface area contributed by atoms with Gasteiger partial charge in [-0.2, -0.15) is 0 Å². The van der Waals surface area contributed by atoms with Crippen molar-refractivity contribution in [1.29, 1.82) is 0 Å². The average Bonchev–Trinajstić information content (AvgIpc) is 2.74.